The molecule has 3 heterocycles. The Morgan fingerprint density at radius 1 is 0.630 bits per heavy atom. The second-order valence-corrected chi connectivity index (χ2v) is 20.8. The fourth-order valence-electron chi connectivity index (χ4n) is 7.79. The van der Waals surface area contributed by atoms with Crippen molar-refractivity contribution in [3.8, 4) is 0 Å². The van der Waals surface area contributed by atoms with E-state index in [4.69, 9.17) is 14.2 Å². The first-order valence-corrected chi connectivity index (χ1v) is 20.5. The van der Waals surface area contributed by atoms with E-state index in [9.17, 15) is 23.2 Å². The zero-order valence-corrected chi connectivity index (χ0v) is 37.8. The fourth-order valence-corrected chi connectivity index (χ4v) is 7.79. The molecule has 318 valence electrons. The number of hydrogen-bond donors (Lipinski definition) is 0. The van der Waals surface area contributed by atoms with Crippen molar-refractivity contribution in [3.05, 3.63) is 0 Å². The van der Waals surface area contributed by atoms with Gasteiger partial charge in [-0.1, -0.05) is 41.5 Å². The number of alkyl halides is 2. The molecule has 0 aromatic heterocycles. The number of halogens is 2. The molecule has 3 saturated heterocycles. The van der Waals surface area contributed by atoms with Gasteiger partial charge in [-0.2, -0.15) is 0 Å². The van der Waals surface area contributed by atoms with Gasteiger partial charge in [0.1, 0.15) is 16.8 Å². The minimum Gasteiger partial charge on any atom is -0.444 e. The summed E-state index contributed by atoms with van der Waals surface area (Å²) in [6, 6.07) is 0.548. The summed E-state index contributed by atoms with van der Waals surface area (Å²) in [7, 11) is 0. The molecule has 0 bridgehead atoms. The molecule has 0 aromatic carbocycles. The number of amides is 3. The Balaban J connectivity index is 0.000000405. The normalized spacial score (nSPS) is 26.0. The zero-order valence-electron chi connectivity index (χ0n) is 37.8. The summed E-state index contributed by atoms with van der Waals surface area (Å²) in [5, 5.41) is 0. The van der Waals surface area contributed by atoms with Crippen molar-refractivity contribution >= 4 is 18.3 Å². The molecular weight excluding hydrogens is 692 g/mol. The Bertz CT molecular complexity index is 1160. The average molecular weight is 774 g/mol. The number of likely N-dealkylation sites (tertiary alicyclic amines) is 3. The van der Waals surface area contributed by atoms with Crippen molar-refractivity contribution in [2.45, 2.75) is 204 Å². The van der Waals surface area contributed by atoms with Gasteiger partial charge in [0.25, 0.3) is 5.92 Å². The van der Waals surface area contributed by atoms with Crippen molar-refractivity contribution in [1.29, 1.82) is 0 Å². The minimum absolute atomic E-state index is 0.0826. The first kappa shape index (κ1) is 49.7. The molecule has 9 nitrogen and oxygen atoms in total. The van der Waals surface area contributed by atoms with Gasteiger partial charge in [0.15, 0.2) is 0 Å². The molecule has 54 heavy (non-hydrogen) atoms. The summed E-state index contributed by atoms with van der Waals surface area (Å²) >= 11 is 0. The van der Waals surface area contributed by atoms with Gasteiger partial charge < -0.3 is 28.9 Å². The van der Waals surface area contributed by atoms with Gasteiger partial charge in [0, 0.05) is 36.6 Å². The van der Waals surface area contributed by atoms with Crippen molar-refractivity contribution in [2.75, 3.05) is 19.6 Å². The summed E-state index contributed by atoms with van der Waals surface area (Å²) < 4.78 is 43.9. The summed E-state index contributed by atoms with van der Waals surface area (Å²) in [6.07, 6.45) is 3.65. The molecule has 3 fully saturated rings. The maximum Gasteiger partial charge on any atom is 0.410 e. The molecule has 0 radical (unpaired) electrons. The van der Waals surface area contributed by atoms with Crippen LogP contribution in [0.3, 0.4) is 0 Å². The first-order valence-electron chi connectivity index (χ1n) is 20.5. The molecule has 0 aliphatic carbocycles. The highest BCUT2D eigenvalue weighted by Gasteiger charge is 2.48. The number of hydrogen-bond acceptors (Lipinski definition) is 6. The molecule has 11 heteroatoms. The largest absolute Gasteiger partial charge is 0.444 e. The van der Waals surface area contributed by atoms with Crippen LogP contribution in [0, 0.1) is 35.5 Å². The minimum atomic E-state index is -2.83. The second kappa shape index (κ2) is 19.2. The maximum atomic E-state index is 13.9. The number of nitrogens with zero attached hydrogens (tertiary/aromatic N) is 3. The zero-order chi connectivity index (χ0) is 42.4. The van der Waals surface area contributed by atoms with Gasteiger partial charge in [-0.25, -0.2) is 23.2 Å². The lowest BCUT2D eigenvalue weighted by molar-refractivity contribution is -0.123. The summed E-state index contributed by atoms with van der Waals surface area (Å²) in [5.41, 5.74) is -1.58. The average Bonchev–Trinajstić information content (AvgIpc) is 2.93. The Morgan fingerprint density at radius 2 is 1.06 bits per heavy atom. The topological polar surface area (TPSA) is 88.6 Å². The number of carbonyl (C=O) groups excluding carboxylic acids is 3. The van der Waals surface area contributed by atoms with E-state index in [0.717, 1.165) is 37.1 Å². The molecule has 4 atom stereocenters. The molecule has 3 aliphatic rings. The van der Waals surface area contributed by atoms with E-state index in [1.54, 1.807) is 34.6 Å². The van der Waals surface area contributed by atoms with Crippen LogP contribution in [0.2, 0.25) is 0 Å². The van der Waals surface area contributed by atoms with Crippen LogP contribution < -0.4 is 0 Å². The Kier molecular flexibility index (Phi) is 17.7. The van der Waals surface area contributed by atoms with Crippen molar-refractivity contribution in [3.63, 3.8) is 0 Å². The molecule has 0 saturated carbocycles. The van der Waals surface area contributed by atoms with Crippen LogP contribution in [0.15, 0.2) is 0 Å². The lowest BCUT2D eigenvalue weighted by atomic mass is 9.77. The van der Waals surface area contributed by atoms with E-state index < -0.39 is 41.3 Å². The highest BCUT2D eigenvalue weighted by molar-refractivity contribution is 5.70. The van der Waals surface area contributed by atoms with E-state index in [2.05, 4.69) is 55.4 Å². The van der Waals surface area contributed by atoms with Crippen LogP contribution >= 0.6 is 0 Å². The summed E-state index contributed by atoms with van der Waals surface area (Å²) in [4.78, 5) is 41.1. The van der Waals surface area contributed by atoms with Gasteiger partial charge in [-0.05, 0) is 152 Å². The molecule has 0 aromatic rings. The third kappa shape index (κ3) is 16.4. The van der Waals surface area contributed by atoms with Gasteiger partial charge >= 0.3 is 18.3 Å². The second-order valence-electron chi connectivity index (χ2n) is 20.8. The van der Waals surface area contributed by atoms with E-state index in [1.165, 1.54) is 0 Å². The summed E-state index contributed by atoms with van der Waals surface area (Å²) in [6.45, 7) is 38.5. The smallest absolute Gasteiger partial charge is 0.410 e. The third-order valence-electron chi connectivity index (χ3n) is 10.7. The van der Waals surface area contributed by atoms with Crippen LogP contribution in [-0.2, 0) is 14.2 Å². The third-order valence-corrected chi connectivity index (χ3v) is 10.7. The SMILES string of the molecule is CC(C)C1CC(C)N(C(=O)OC(C)(C)C)C(C)C1.CC(C)C1CCN(C(=O)OC(C)(C)C)C(C)(C)C1.CC(C)C1CCN(C(=O)OC(C)(C)C)CC1(F)F. The molecular formula is C43H81F2N3O6. The van der Waals surface area contributed by atoms with Gasteiger partial charge in [-0.3, -0.25) is 0 Å². The number of ether oxygens (including phenoxy) is 3. The predicted octanol–water partition coefficient (Wildman–Crippen LogP) is 11.7. The highest BCUT2D eigenvalue weighted by atomic mass is 19.3. The quantitative estimate of drug-likeness (QED) is 0.265. The Morgan fingerprint density at radius 3 is 1.43 bits per heavy atom. The van der Waals surface area contributed by atoms with Crippen molar-refractivity contribution in [2.24, 2.45) is 35.5 Å². The van der Waals surface area contributed by atoms with Gasteiger partial charge in [-0.15, -0.1) is 0 Å². The van der Waals surface area contributed by atoms with E-state index in [1.807, 2.05) is 51.3 Å². The molecule has 3 rings (SSSR count). The molecule has 3 aliphatic heterocycles. The van der Waals surface area contributed by atoms with Crippen LogP contribution in [0.1, 0.15) is 164 Å². The number of piperidine rings is 3. The van der Waals surface area contributed by atoms with E-state index in [-0.39, 0.29) is 35.7 Å². The maximum absolute atomic E-state index is 13.9. The standard InChI is InChI=1S/2C15H29NO2.C13H23F2NO2/c1-10(2)13-8-11(3)16(12(4)9-13)14(17)18-15(5,6)7;1-11(2)12-8-9-16(15(6,7)10-12)13(17)18-14(3,4)5;1-9(2)10-6-7-16(8-13(10,14)15)11(17)18-12(3,4)5/h10-13H,8-9H2,1-7H3;11-12H,8-10H2,1-7H3;9-10H,6-8H2,1-5H3. The Labute approximate surface area is 328 Å². The molecule has 4 unspecified atom stereocenters. The van der Waals surface area contributed by atoms with Gasteiger partial charge in [0.2, 0.25) is 0 Å². The molecule has 0 spiro atoms. The molecule has 3 amide bonds. The van der Waals surface area contributed by atoms with Crippen LogP contribution in [0.5, 0.6) is 0 Å². The van der Waals surface area contributed by atoms with Crippen LogP contribution in [0.25, 0.3) is 0 Å². The van der Waals surface area contributed by atoms with E-state index in [0.29, 0.717) is 36.6 Å². The lowest BCUT2D eigenvalue weighted by Gasteiger charge is -2.46. The first-order chi connectivity index (χ1) is 24.2. The lowest BCUT2D eigenvalue weighted by Crippen LogP contribution is -2.54. The number of carbonyl (C=O) groups is 3. The summed E-state index contributed by atoms with van der Waals surface area (Å²) in [5.74, 6) is -0.770. The monoisotopic (exact) mass is 774 g/mol. The van der Waals surface area contributed by atoms with Crippen LogP contribution in [-0.4, -0.2) is 93.0 Å². The van der Waals surface area contributed by atoms with E-state index >= 15 is 0 Å². The van der Waals surface area contributed by atoms with Crippen LogP contribution in [0.4, 0.5) is 23.2 Å². The fraction of sp³-hybridized carbons (Fsp3) is 0.930. The predicted molar refractivity (Wildman–Crippen MR) is 215 cm³/mol. The van der Waals surface area contributed by atoms with Gasteiger partial charge in [0.05, 0.1) is 6.54 Å². The van der Waals surface area contributed by atoms with Crippen molar-refractivity contribution in [1.82, 2.24) is 14.7 Å². The number of rotatable bonds is 3. The Hall–Kier alpha value is -2.33. The van der Waals surface area contributed by atoms with Crippen molar-refractivity contribution < 1.29 is 37.4 Å². The highest BCUT2D eigenvalue weighted by Crippen LogP contribution is 2.39. The molecule has 0 N–H and O–H groups in total.